The van der Waals surface area contributed by atoms with E-state index >= 15 is 0 Å². The molecule has 4 heteroatoms. The second-order valence-corrected chi connectivity index (χ2v) is 4.04. The van der Waals surface area contributed by atoms with Crippen LogP contribution in [-0.4, -0.2) is 43.5 Å². The summed E-state index contributed by atoms with van der Waals surface area (Å²) in [6.07, 6.45) is 3.72. The summed E-state index contributed by atoms with van der Waals surface area (Å²) in [5, 5.41) is 3.09. The zero-order valence-corrected chi connectivity index (χ0v) is 8.47. The summed E-state index contributed by atoms with van der Waals surface area (Å²) in [6, 6.07) is 0. The molecule has 0 unspecified atom stereocenters. The molecule has 1 saturated carbocycles. The van der Waals surface area contributed by atoms with Crippen molar-refractivity contribution in [2.45, 2.75) is 24.8 Å². The Morgan fingerprint density at radius 1 is 1.54 bits per heavy atom. The fourth-order valence-electron chi connectivity index (χ4n) is 1.79. The van der Waals surface area contributed by atoms with E-state index in [1.165, 1.54) is 19.3 Å². The van der Waals surface area contributed by atoms with Gasteiger partial charge in [-0.2, -0.15) is 0 Å². The molecule has 0 aromatic heterocycles. The Labute approximate surface area is 79.5 Å². The molecule has 0 bridgehead atoms. The number of hydrogen-bond donors (Lipinski definition) is 2. The van der Waals surface area contributed by atoms with Gasteiger partial charge in [0.2, 0.25) is 5.91 Å². The minimum Gasteiger partial charge on any atom is -0.369 e. The van der Waals surface area contributed by atoms with Crippen LogP contribution in [0.4, 0.5) is 0 Å². The van der Waals surface area contributed by atoms with Gasteiger partial charge in [-0.15, -0.1) is 0 Å². The lowest BCUT2D eigenvalue weighted by Gasteiger charge is -2.47. The standard InChI is InChI=1S/C9H19N3O/c1-12(2)9(4-3-5-9)7-11-6-8(10)13/h11H,3-7H2,1-2H3,(H2,10,13). The van der Waals surface area contributed by atoms with Crippen molar-refractivity contribution < 1.29 is 4.79 Å². The van der Waals surface area contributed by atoms with Crippen LogP contribution in [0.25, 0.3) is 0 Å². The van der Waals surface area contributed by atoms with Crippen LogP contribution in [0.2, 0.25) is 0 Å². The molecule has 1 rings (SSSR count). The first-order chi connectivity index (χ1) is 6.07. The zero-order chi connectivity index (χ0) is 9.90. The Kier molecular flexibility index (Phi) is 3.27. The van der Waals surface area contributed by atoms with Gasteiger partial charge in [0.05, 0.1) is 6.54 Å². The lowest BCUT2D eigenvalue weighted by Crippen LogP contribution is -2.57. The van der Waals surface area contributed by atoms with Crippen LogP contribution in [0.1, 0.15) is 19.3 Å². The van der Waals surface area contributed by atoms with E-state index in [0.29, 0.717) is 0 Å². The van der Waals surface area contributed by atoms with Gasteiger partial charge in [-0.25, -0.2) is 0 Å². The molecule has 0 spiro atoms. The molecule has 0 saturated heterocycles. The van der Waals surface area contributed by atoms with Gasteiger partial charge in [-0.3, -0.25) is 4.79 Å². The highest BCUT2D eigenvalue weighted by molar-refractivity contribution is 5.75. The Hall–Kier alpha value is -0.610. The molecule has 1 fully saturated rings. The summed E-state index contributed by atoms with van der Waals surface area (Å²) >= 11 is 0. The summed E-state index contributed by atoms with van der Waals surface area (Å²) in [7, 11) is 4.18. The summed E-state index contributed by atoms with van der Waals surface area (Å²) in [6.45, 7) is 1.15. The molecule has 4 nitrogen and oxygen atoms in total. The highest BCUT2D eigenvalue weighted by atomic mass is 16.1. The fraction of sp³-hybridized carbons (Fsp3) is 0.889. The van der Waals surface area contributed by atoms with Crippen LogP contribution in [0.15, 0.2) is 0 Å². The van der Waals surface area contributed by atoms with Gasteiger partial charge in [0.15, 0.2) is 0 Å². The lowest BCUT2D eigenvalue weighted by atomic mass is 9.75. The third-order valence-corrected chi connectivity index (χ3v) is 2.99. The molecular weight excluding hydrogens is 166 g/mol. The van der Waals surface area contributed by atoms with Crippen LogP contribution in [0.5, 0.6) is 0 Å². The van der Waals surface area contributed by atoms with Crippen molar-refractivity contribution >= 4 is 5.91 Å². The number of nitrogens with one attached hydrogen (secondary N) is 1. The third kappa shape index (κ3) is 2.42. The summed E-state index contributed by atoms with van der Waals surface area (Å²) in [5.41, 5.74) is 5.32. The fourth-order valence-corrected chi connectivity index (χ4v) is 1.79. The van der Waals surface area contributed by atoms with Crippen LogP contribution in [-0.2, 0) is 4.79 Å². The van der Waals surface area contributed by atoms with Gasteiger partial charge < -0.3 is 16.0 Å². The van der Waals surface area contributed by atoms with E-state index in [1.807, 2.05) is 0 Å². The van der Waals surface area contributed by atoms with E-state index in [1.54, 1.807) is 0 Å². The van der Waals surface area contributed by atoms with Crippen molar-refractivity contribution in [1.29, 1.82) is 0 Å². The molecular formula is C9H19N3O. The van der Waals surface area contributed by atoms with Gasteiger partial charge >= 0.3 is 0 Å². The number of carbonyl (C=O) groups excluding carboxylic acids is 1. The molecule has 3 N–H and O–H groups in total. The van der Waals surface area contributed by atoms with Crippen molar-refractivity contribution in [2.24, 2.45) is 5.73 Å². The van der Waals surface area contributed by atoms with Crippen LogP contribution >= 0.6 is 0 Å². The molecule has 0 atom stereocenters. The minimum atomic E-state index is -0.284. The number of amides is 1. The minimum absolute atomic E-state index is 0.273. The molecule has 76 valence electrons. The smallest absolute Gasteiger partial charge is 0.231 e. The first-order valence-electron chi connectivity index (χ1n) is 4.73. The Morgan fingerprint density at radius 2 is 2.15 bits per heavy atom. The van der Waals surface area contributed by atoms with E-state index < -0.39 is 0 Å². The normalized spacial score (nSPS) is 19.9. The van der Waals surface area contributed by atoms with Crippen LogP contribution in [0, 0.1) is 0 Å². The SMILES string of the molecule is CN(C)C1(CNCC(N)=O)CCC1. The maximum absolute atomic E-state index is 10.5. The number of likely N-dealkylation sites (N-methyl/N-ethyl adjacent to an activating group) is 1. The molecule has 1 amide bonds. The van der Waals surface area contributed by atoms with E-state index in [0.717, 1.165) is 6.54 Å². The highest BCUT2D eigenvalue weighted by Crippen LogP contribution is 2.35. The quantitative estimate of drug-likeness (QED) is 0.609. The number of carbonyl (C=O) groups is 1. The predicted molar refractivity (Wildman–Crippen MR) is 52.3 cm³/mol. The molecule has 1 aliphatic carbocycles. The number of rotatable bonds is 5. The van der Waals surface area contributed by atoms with Gasteiger partial charge in [0.1, 0.15) is 0 Å². The van der Waals surface area contributed by atoms with E-state index in [2.05, 4.69) is 24.3 Å². The summed E-state index contributed by atoms with van der Waals surface area (Å²) in [5.74, 6) is -0.284. The monoisotopic (exact) mass is 185 g/mol. The number of nitrogens with zero attached hydrogens (tertiary/aromatic N) is 1. The largest absolute Gasteiger partial charge is 0.369 e. The van der Waals surface area contributed by atoms with Gasteiger partial charge in [-0.05, 0) is 33.4 Å². The van der Waals surface area contributed by atoms with Crippen molar-refractivity contribution in [3.05, 3.63) is 0 Å². The summed E-state index contributed by atoms with van der Waals surface area (Å²) in [4.78, 5) is 12.7. The first-order valence-corrected chi connectivity index (χ1v) is 4.73. The number of nitrogens with two attached hydrogens (primary N) is 1. The lowest BCUT2D eigenvalue weighted by molar-refractivity contribution is -0.117. The van der Waals surface area contributed by atoms with Gasteiger partial charge in [0, 0.05) is 12.1 Å². The second-order valence-electron chi connectivity index (χ2n) is 4.04. The average Bonchev–Trinajstić information content (AvgIpc) is 1.93. The van der Waals surface area contributed by atoms with Crippen LogP contribution < -0.4 is 11.1 Å². The molecule has 1 aliphatic rings. The van der Waals surface area contributed by atoms with Crippen LogP contribution in [0.3, 0.4) is 0 Å². The Bertz CT molecular complexity index is 187. The van der Waals surface area contributed by atoms with Gasteiger partial charge in [-0.1, -0.05) is 0 Å². The molecule has 0 aromatic rings. The maximum Gasteiger partial charge on any atom is 0.231 e. The molecule has 0 radical (unpaired) electrons. The predicted octanol–water partition coefficient (Wildman–Crippen LogP) is -0.454. The molecule has 0 aliphatic heterocycles. The zero-order valence-electron chi connectivity index (χ0n) is 8.47. The highest BCUT2D eigenvalue weighted by Gasteiger charge is 2.38. The third-order valence-electron chi connectivity index (χ3n) is 2.99. The molecule has 0 aromatic carbocycles. The van der Waals surface area contributed by atoms with Crippen molar-refractivity contribution in [1.82, 2.24) is 10.2 Å². The maximum atomic E-state index is 10.5. The van der Waals surface area contributed by atoms with Crippen molar-refractivity contribution in [3.63, 3.8) is 0 Å². The van der Waals surface area contributed by atoms with E-state index in [-0.39, 0.29) is 18.0 Å². The second kappa shape index (κ2) is 4.07. The van der Waals surface area contributed by atoms with Crippen molar-refractivity contribution in [2.75, 3.05) is 27.2 Å². The average molecular weight is 185 g/mol. The van der Waals surface area contributed by atoms with E-state index in [9.17, 15) is 4.79 Å². The summed E-state index contributed by atoms with van der Waals surface area (Å²) < 4.78 is 0. The van der Waals surface area contributed by atoms with E-state index in [4.69, 9.17) is 5.73 Å². The van der Waals surface area contributed by atoms with Gasteiger partial charge in [0.25, 0.3) is 0 Å². The number of primary amides is 1. The first kappa shape index (κ1) is 10.5. The van der Waals surface area contributed by atoms with Crippen molar-refractivity contribution in [3.8, 4) is 0 Å². The molecule has 13 heavy (non-hydrogen) atoms. The Balaban J connectivity index is 2.28. The number of hydrogen-bond acceptors (Lipinski definition) is 3. The Morgan fingerprint density at radius 3 is 2.46 bits per heavy atom. The topological polar surface area (TPSA) is 58.4 Å². The molecule has 0 heterocycles.